The van der Waals surface area contributed by atoms with Gasteiger partial charge < -0.3 is 5.73 Å². The van der Waals surface area contributed by atoms with Crippen LogP contribution >= 0.6 is 11.8 Å². The van der Waals surface area contributed by atoms with E-state index in [0.717, 1.165) is 23.5 Å². The minimum atomic E-state index is 0.748. The molecule has 1 nitrogen and oxygen atoms in total. The number of nitrogens with two attached hydrogens (primary N) is 1. The Kier molecular flexibility index (Phi) is 4.93. The van der Waals surface area contributed by atoms with Crippen molar-refractivity contribution in [2.24, 2.45) is 11.7 Å². The van der Waals surface area contributed by atoms with Crippen molar-refractivity contribution in [3.05, 3.63) is 35.4 Å². The van der Waals surface area contributed by atoms with Crippen LogP contribution in [0.15, 0.2) is 24.3 Å². The third-order valence-electron chi connectivity index (χ3n) is 3.86. The molecule has 0 aromatic heterocycles. The van der Waals surface area contributed by atoms with E-state index in [1.165, 1.54) is 36.8 Å². The molecule has 1 saturated carbocycles. The Morgan fingerprint density at radius 2 is 2.00 bits per heavy atom. The van der Waals surface area contributed by atoms with Crippen molar-refractivity contribution in [3.63, 3.8) is 0 Å². The fourth-order valence-corrected chi connectivity index (χ4v) is 4.20. The molecule has 1 fully saturated rings. The quantitative estimate of drug-likeness (QED) is 0.879. The second-order valence-electron chi connectivity index (χ2n) is 5.06. The minimum Gasteiger partial charge on any atom is -0.330 e. The summed E-state index contributed by atoms with van der Waals surface area (Å²) in [6.07, 6.45) is 5.46. The zero-order chi connectivity index (χ0) is 12.1. The van der Waals surface area contributed by atoms with Gasteiger partial charge in [-0.2, -0.15) is 11.8 Å². The lowest BCUT2D eigenvalue weighted by Crippen LogP contribution is -2.28. The van der Waals surface area contributed by atoms with Crippen LogP contribution in [0.5, 0.6) is 0 Å². The second kappa shape index (κ2) is 6.46. The van der Waals surface area contributed by atoms with Gasteiger partial charge in [0, 0.05) is 11.0 Å². The van der Waals surface area contributed by atoms with Crippen molar-refractivity contribution in [1.29, 1.82) is 0 Å². The maximum atomic E-state index is 5.88. The van der Waals surface area contributed by atoms with Crippen LogP contribution in [-0.2, 0) is 5.75 Å². The van der Waals surface area contributed by atoms with Gasteiger partial charge in [0.15, 0.2) is 0 Å². The Morgan fingerprint density at radius 3 is 2.76 bits per heavy atom. The molecule has 0 amide bonds. The average molecular weight is 249 g/mol. The first-order chi connectivity index (χ1) is 8.31. The third kappa shape index (κ3) is 3.49. The van der Waals surface area contributed by atoms with Gasteiger partial charge in [-0.1, -0.05) is 37.1 Å². The van der Waals surface area contributed by atoms with Crippen molar-refractivity contribution in [1.82, 2.24) is 0 Å². The van der Waals surface area contributed by atoms with E-state index in [-0.39, 0.29) is 0 Å². The maximum absolute atomic E-state index is 5.88. The molecular weight excluding hydrogens is 226 g/mol. The molecule has 0 spiro atoms. The lowest BCUT2D eigenvalue weighted by atomic mass is 9.89. The summed E-state index contributed by atoms with van der Waals surface area (Å²) in [5.41, 5.74) is 8.78. The van der Waals surface area contributed by atoms with Crippen LogP contribution in [0.25, 0.3) is 0 Å². The smallest absolute Gasteiger partial charge is 0.0190 e. The fraction of sp³-hybridized carbons (Fsp3) is 0.600. The Morgan fingerprint density at radius 1 is 1.24 bits per heavy atom. The van der Waals surface area contributed by atoms with Gasteiger partial charge in [-0.3, -0.25) is 0 Å². The maximum Gasteiger partial charge on any atom is 0.0190 e. The van der Waals surface area contributed by atoms with E-state index in [0.29, 0.717) is 0 Å². The second-order valence-corrected chi connectivity index (χ2v) is 6.28. The molecule has 2 N–H and O–H groups in total. The number of thioether (sulfide) groups is 1. The van der Waals surface area contributed by atoms with E-state index in [2.05, 4.69) is 43.0 Å². The van der Waals surface area contributed by atoms with Gasteiger partial charge in [0.05, 0.1) is 0 Å². The standard InChI is InChI=1S/C15H23NS/c1-12-6-2-3-8-14(12)11-17-15-9-5-4-7-13(15)10-16/h2-3,6,8,13,15H,4-5,7,9-11,16H2,1H3. The lowest BCUT2D eigenvalue weighted by molar-refractivity contribution is 0.378. The number of benzene rings is 1. The Bertz CT molecular complexity index is 351. The van der Waals surface area contributed by atoms with Gasteiger partial charge >= 0.3 is 0 Å². The number of hydrogen-bond donors (Lipinski definition) is 1. The van der Waals surface area contributed by atoms with Crippen molar-refractivity contribution in [2.75, 3.05) is 6.54 Å². The summed E-state index contributed by atoms with van der Waals surface area (Å²) in [6, 6.07) is 8.72. The molecule has 2 unspecified atom stereocenters. The van der Waals surface area contributed by atoms with Gasteiger partial charge in [-0.25, -0.2) is 0 Å². The summed E-state index contributed by atoms with van der Waals surface area (Å²) in [7, 11) is 0. The van der Waals surface area contributed by atoms with Crippen LogP contribution in [0.2, 0.25) is 0 Å². The first-order valence-electron chi connectivity index (χ1n) is 6.67. The highest BCUT2D eigenvalue weighted by molar-refractivity contribution is 7.99. The molecule has 2 heteroatoms. The molecule has 0 heterocycles. The van der Waals surface area contributed by atoms with E-state index >= 15 is 0 Å². The van der Waals surface area contributed by atoms with Crippen LogP contribution in [0.1, 0.15) is 36.8 Å². The van der Waals surface area contributed by atoms with E-state index < -0.39 is 0 Å². The van der Waals surface area contributed by atoms with E-state index in [9.17, 15) is 0 Å². The highest BCUT2D eigenvalue weighted by atomic mass is 32.2. The van der Waals surface area contributed by atoms with Gasteiger partial charge in [-0.05, 0) is 43.4 Å². The molecule has 0 radical (unpaired) electrons. The van der Waals surface area contributed by atoms with Gasteiger partial charge in [0.25, 0.3) is 0 Å². The first kappa shape index (κ1) is 13.0. The van der Waals surface area contributed by atoms with Crippen LogP contribution in [0.4, 0.5) is 0 Å². The molecule has 0 aliphatic heterocycles. The molecule has 0 bridgehead atoms. The Balaban J connectivity index is 1.90. The van der Waals surface area contributed by atoms with Crippen molar-refractivity contribution in [3.8, 4) is 0 Å². The van der Waals surface area contributed by atoms with E-state index in [4.69, 9.17) is 5.73 Å². The van der Waals surface area contributed by atoms with Crippen LogP contribution < -0.4 is 5.73 Å². The molecule has 94 valence electrons. The zero-order valence-corrected chi connectivity index (χ0v) is 11.5. The number of hydrogen-bond acceptors (Lipinski definition) is 2. The van der Waals surface area contributed by atoms with Crippen LogP contribution in [0, 0.1) is 12.8 Å². The largest absolute Gasteiger partial charge is 0.330 e. The topological polar surface area (TPSA) is 26.0 Å². The van der Waals surface area contributed by atoms with E-state index in [1.54, 1.807) is 0 Å². The van der Waals surface area contributed by atoms with Gasteiger partial charge in [0.1, 0.15) is 0 Å². The third-order valence-corrected chi connectivity index (χ3v) is 5.38. The number of aryl methyl sites for hydroxylation is 1. The normalized spacial score (nSPS) is 24.8. The molecule has 1 aromatic rings. The lowest BCUT2D eigenvalue weighted by Gasteiger charge is -2.30. The molecule has 2 rings (SSSR count). The summed E-state index contributed by atoms with van der Waals surface area (Å²) >= 11 is 2.12. The molecular formula is C15H23NS. The van der Waals surface area contributed by atoms with Crippen LogP contribution in [0.3, 0.4) is 0 Å². The predicted molar refractivity (Wildman–Crippen MR) is 77.3 cm³/mol. The van der Waals surface area contributed by atoms with Gasteiger partial charge in [-0.15, -0.1) is 0 Å². The molecule has 1 aromatic carbocycles. The Labute approximate surface area is 109 Å². The summed E-state index contributed by atoms with van der Waals surface area (Å²) in [6.45, 7) is 3.07. The zero-order valence-electron chi connectivity index (χ0n) is 10.7. The summed E-state index contributed by atoms with van der Waals surface area (Å²) in [4.78, 5) is 0. The number of rotatable bonds is 4. The molecule has 0 saturated heterocycles. The minimum absolute atomic E-state index is 0.748. The van der Waals surface area contributed by atoms with Crippen molar-refractivity contribution >= 4 is 11.8 Å². The van der Waals surface area contributed by atoms with Crippen LogP contribution in [-0.4, -0.2) is 11.8 Å². The average Bonchev–Trinajstić information content (AvgIpc) is 2.38. The molecule has 2 atom stereocenters. The highest BCUT2D eigenvalue weighted by Crippen LogP contribution is 2.34. The Hall–Kier alpha value is -0.470. The predicted octanol–water partition coefficient (Wildman–Crippen LogP) is 3.75. The SMILES string of the molecule is Cc1ccccc1CSC1CCCCC1CN. The van der Waals surface area contributed by atoms with Gasteiger partial charge in [0.2, 0.25) is 0 Å². The van der Waals surface area contributed by atoms with Crippen molar-refractivity contribution in [2.45, 2.75) is 43.6 Å². The fourth-order valence-electron chi connectivity index (χ4n) is 2.63. The summed E-state index contributed by atoms with van der Waals surface area (Å²) < 4.78 is 0. The molecule has 1 aliphatic carbocycles. The monoisotopic (exact) mass is 249 g/mol. The summed E-state index contributed by atoms with van der Waals surface area (Å²) in [5, 5.41) is 0.786. The summed E-state index contributed by atoms with van der Waals surface area (Å²) in [5.74, 6) is 1.89. The van der Waals surface area contributed by atoms with Crippen molar-refractivity contribution < 1.29 is 0 Å². The molecule has 1 aliphatic rings. The first-order valence-corrected chi connectivity index (χ1v) is 7.72. The molecule has 17 heavy (non-hydrogen) atoms. The highest BCUT2D eigenvalue weighted by Gasteiger charge is 2.24. The van der Waals surface area contributed by atoms with E-state index in [1.807, 2.05) is 0 Å².